The first kappa shape index (κ1) is 27.3. The first-order valence-corrected chi connectivity index (χ1v) is 13.3. The van der Waals surface area contributed by atoms with Crippen molar-refractivity contribution in [2.75, 3.05) is 5.32 Å². The number of rotatable bonds is 8. The Morgan fingerprint density at radius 3 is 2.17 bits per heavy atom. The minimum absolute atomic E-state index is 0.0410. The second-order valence-corrected chi connectivity index (χ2v) is 9.67. The molecule has 0 aliphatic heterocycles. The lowest BCUT2D eigenvalue weighted by atomic mass is 10.0. The summed E-state index contributed by atoms with van der Waals surface area (Å²) in [5.74, 6) is -1.11. The van der Waals surface area contributed by atoms with Crippen LogP contribution in [0.3, 0.4) is 0 Å². The molecule has 2 amide bonds. The average Bonchev–Trinajstić information content (AvgIpc) is 3.00. The zero-order valence-electron chi connectivity index (χ0n) is 21.9. The van der Waals surface area contributed by atoms with E-state index in [1.807, 2.05) is 48.5 Å². The quantitative estimate of drug-likeness (QED) is 0.151. The van der Waals surface area contributed by atoms with Gasteiger partial charge in [-0.05, 0) is 82.6 Å². The Balaban J connectivity index is 1.31. The van der Waals surface area contributed by atoms with E-state index in [0.29, 0.717) is 27.4 Å². The Morgan fingerprint density at radius 1 is 0.683 bits per heavy atom. The molecule has 5 nitrogen and oxygen atoms in total. The molecular formula is C35H25ClN2O3. The number of halogens is 1. The fourth-order valence-corrected chi connectivity index (χ4v) is 4.48. The molecule has 0 atom stereocenters. The largest absolute Gasteiger partial charge is 0.321 e. The van der Waals surface area contributed by atoms with Crippen molar-refractivity contribution in [2.45, 2.75) is 0 Å². The maximum atomic E-state index is 13.2. The van der Waals surface area contributed by atoms with Crippen molar-refractivity contribution in [1.29, 1.82) is 0 Å². The highest BCUT2D eigenvalue weighted by molar-refractivity contribution is 6.30. The van der Waals surface area contributed by atoms with Crippen molar-refractivity contribution in [3.63, 3.8) is 0 Å². The fourth-order valence-electron chi connectivity index (χ4n) is 4.28. The molecule has 0 radical (unpaired) electrons. The standard InChI is InChI=1S/C35H25ClN2O3/c36-29-14-6-8-24(22-29)23-32(38-34(40)28-10-2-1-3-11-28)35(41)37-30-19-16-27(17-20-30)33(39)21-18-26-13-7-12-25-9-4-5-15-31(25)26/h1-23H,(H,37,41)(H,38,40)/b21-18+,32-23-. The van der Waals surface area contributed by atoms with E-state index in [9.17, 15) is 14.4 Å². The molecule has 0 unspecified atom stereocenters. The van der Waals surface area contributed by atoms with Gasteiger partial charge in [0.1, 0.15) is 5.70 Å². The van der Waals surface area contributed by atoms with E-state index in [2.05, 4.69) is 10.6 Å². The second-order valence-electron chi connectivity index (χ2n) is 9.23. The summed E-state index contributed by atoms with van der Waals surface area (Å²) in [7, 11) is 0. The Kier molecular flexibility index (Phi) is 8.48. The lowest BCUT2D eigenvalue weighted by Crippen LogP contribution is -2.30. The van der Waals surface area contributed by atoms with Crippen LogP contribution in [0.5, 0.6) is 0 Å². The van der Waals surface area contributed by atoms with E-state index in [4.69, 9.17) is 11.6 Å². The van der Waals surface area contributed by atoms with Crippen LogP contribution in [-0.2, 0) is 4.79 Å². The second kappa shape index (κ2) is 12.7. The van der Waals surface area contributed by atoms with Gasteiger partial charge in [0.25, 0.3) is 11.8 Å². The maximum Gasteiger partial charge on any atom is 0.272 e. The molecule has 0 aliphatic carbocycles. The smallest absolute Gasteiger partial charge is 0.272 e. The number of nitrogens with one attached hydrogen (secondary N) is 2. The highest BCUT2D eigenvalue weighted by Crippen LogP contribution is 2.20. The minimum atomic E-state index is -0.524. The van der Waals surface area contributed by atoms with Crippen LogP contribution >= 0.6 is 11.6 Å². The number of carbonyl (C=O) groups is 3. The van der Waals surface area contributed by atoms with Gasteiger partial charge >= 0.3 is 0 Å². The Morgan fingerprint density at radius 2 is 1.39 bits per heavy atom. The van der Waals surface area contributed by atoms with E-state index in [0.717, 1.165) is 16.3 Å². The van der Waals surface area contributed by atoms with Crippen LogP contribution in [0.15, 0.2) is 133 Å². The SMILES string of the molecule is O=C(Nc1ccc(C(=O)/C=C/c2cccc3ccccc23)cc1)/C(=C/c1cccc(Cl)c1)NC(=O)c1ccccc1. The summed E-state index contributed by atoms with van der Waals surface area (Å²) in [6.45, 7) is 0. The molecular weight excluding hydrogens is 532 g/mol. The van der Waals surface area contributed by atoms with Gasteiger partial charge in [0, 0.05) is 21.8 Å². The Labute approximate surface area is 242 Å². The van der Waals surface area contributed by atoms with E-state index < -0.39 is 11.8 Å². The lowest BCUT2D eigenvalue weighted by molar-refractivity contribution is -0.113. The number of ketones is 1. The van der Waals surface area contributed by atoms with Crippen LogP contribution in [0, 0.1) is 0 Å². The molecule has 0 aromatic heterocycles. The zero-order valence-corrected chi connectivity index (χ0v) is 22.6. The number of hydrogen-bond donors (Lipinski definition) is 2. The fraction of sp³-hybridized carbons (Fsp3) is 0. The predicted octanol–water partition coefficient (Wildman–Crippen LogP) is 7.80. The number of amides is 2. The predicted molar refractivity (Wildman–Crippen MR) is 166 cm³/mol. The molecule has 0 aliphatic rings. The van der Waals surface area contributed by atoms with Gasteiger partial charge in [0.2, 0.25) is 0 Å². The van der Waals surface area contributed by atoms with Crippen molar-refractivity contribution in [2.24, 2.45) is 0 Å². The van der Waals surface area contributed by atoms with Crippen LogP contribution < -0.4 is 10.6 Å². The molecule has 200 valence electrons. The summed E-state index contributed by atoms with van der Waals surface area (Å²) < 4.78 is 0. The van der Waals surface area contributed by atoms with Crippen molar-refractivity contribution < 1.29 is 14.4 Å². The van der Waals surface area contributed by atoms with Gasteiger partial charge in [-0.25, -0.2) is 0 Å². The number of allylic oxidation sites excluding steroid dienone is 1. The van der Waals surface area contributed by atoms with Crippen molar-refractivity contribution >= 4 is 57.8 Å². The summed E-state index contributed by atoms with van der Waals surface area (Å²) in [6.07, 6.45) is 4.90. The Hall–Kier alpha value is -5.26. The van der Waals surface area contributed by atoms with Crippen molar-refractivity contribution in [3.05, 3.63) is 160 Å². The number of fused-ring (bicyclic) bond motifs is 1. The van der Waals surface area contributed by atoms with E-state index in [-0.39, 0.29) is 11.5 Å². The van der Waals surface area contributed by atoms with Gasteiger partial charge in [0.15, 0.2) is 5.78 Å². The minimum Gasteiger partial charge on any atom is -0.321 e. The maximum absolute atomic E-state index is 13.2. The molecule has 5 aromatic carbocycles. The normalized spacial score (nSPS) is 11.4. The van der Waals surface area contributed by atoms with Crippen LogP contribution in [-0.4, -0.2) is 17.6 Å². The molecule has 0 spiro atoms. The molecule has 0 fully saturated rings. The van der Waals surface area contributed by atoms with E-state index >= 15 is 0 Å². The number of hydrogen-bond acceptors (Lipinski definition) is 3. The highest BCUT2D eigenvalue weighted by atomic mass is 35.5. The summed E-state index contributed by atoms with van der Waals surface area (Å²) in [5.41, 5.74) is 3.00. The summed E-state index contributed by atoms with van der Waals surface area (Å²) >= 11 is 6.11. The monoisotopic (exact) mass is 556 g/mol. The first-order chi connectivity index (χ1) is 20.0. The topological polar surface area (TPSA) is 75.3 Å². The van der Waals surface area contributed by atoms with Gasteiger partial charge in [-0.1, -0.05) is 90.5 Å². The van der Waals surface area contributed by atoms with Gasteiger partial charge < -0.3 is 10.6 Å². The van der Waals surface area contributed by atoms with Crippen molar-refractivity contribution in [1.82, 2.24) is 5.32 Å². The van der Waals surface area contributed by atoms with E-state index in [1.54, 1.807) is 91.0 Å². The number of carbonyl (C=O) groups excluding carboxylic acids is 3. The zero-order chi connectivity index (χ0) is 28.6. The molecule has 41 heavy (non-hydrogen) atoms. The van der Waals surface area contributed by atoms with Crippen LogP contribution in [0.1, 0.15) is 31.8 Å². The lowest BCUT2D eigenvalue weighted by Gasteiger charge is -2.12. The molecule has 0 saturated heterocycles. The first-order valence-electron chi connectivity index (χ1n) is 12.9. The molecule has 0 bridgehead atoms. The Bertz CT molecular complexity index is 1790. The third kappa shape index (κ3) is 7.04. The molecule has 2 N–H and O–H groups in total. The summed E-state index contributed by atoms with van der Waals surface area (Å²) in [6, 6.07) is 36.1. The molecule has 0 saturated carbocycles. The van der Waals surface area contributed by atoms with Gasteiger partial charge in [-0.15, -0.1) is 0 Å². The van der Waals surface area contributed by atoms with Crippen molar-refractivity contribution in [3.8, 4) is 0 Å². The third-order valence-electron chi connectivity index (χ3n) is 6.35. The number of anilines is 1. The molecule has 0 heterocycles. The summed E-state index contributed by atoms with van der Waals surface area (Å²) in [5, 5.41) is 8.17. The molecule has 5 rings (SSSR count). The highest BCUT2D eigenvalue weighted by Gasteiger charge is 2.15. The third-order valence-corrected chi connectivity index (χ3v) is 6.59. The van der Waals surface area contributed by atoms with Crippen LogP contribution in [0.2, 0.25) is 5.02 Å². The molecule has 6 heteroatoms. The van der Waals surface area contributed by atoms with Crippen LogP contribution in [0.25, 0.3) is 22.9 Å². The van der Waals surface area contributed by atoms with Crippen LogP contribution in [0.4, 0.5) is 5.69 Å². The summed E-state index contributed by atoms with van der Waals surface area (Å²) in [4.78, 5) is 38.9. The number of benzene rings is 5. The van der Waals surface area contributed by atoms with E-state index in [1.165, 1.54) is 0 Å². The van der Waals surface area contributed by atoms with Gasteiger partial charge in [-0.2, -0.15) is 0 Å². The van der Waals surface area contributed by atoms with Gasteiger partial charge in [-0.3, -0.25) is 14.4 Å². The average molecular weight is 557 g/mol. The molecule has 5 aromatic rings. The van der Waals surface area contributed by atoms with Gasteiger partial charge in [0.05, 0.1) is 0 Å².